The van der Waals surface area contributed by atoms with Crippen molar-refractivity contribution in [2.75, 3.05) is 13.1 Å². The molecule has 1 aliphatic carbocycles. The number of ether oxygens (including phenoxy) is 1. The number of nitrogens with two attached hydrogens (primary N) is 1. The van der Waals surface area contributed by atoms with Gasteiger partial charge in [0.2, 0.25) is 5.88 Å². The molecule has 1 aliphatic heterocycles. The minimum atomic E-state index is -4.42. The molecule has 4 aromatic rings. The molecular formula is C29H28F3N7O2. The van der Waals surface area contributed by atoms with Crippen LogP contribution in [-0.2, 0) is 18.8 Å². The SMILES string of the molecule is Cn1nc(-c2ncccn2)cc1C(=O)N1C[C@@H]2C(Oc3cc(C(C)(C)N)cc(-c4ccc(C(F)(F)F)cc4)n3)[C@@H]2C1. The number of aryl methyl sites for hydroxylation is 1. The summed E-state index contributed by atoms with van der Waals surface area (Å²) >= 11 is 0. The predicted molar refractivity (Wildman–Crippen MR) is 143 cm³/mol. The number of benzene rings is 1. The second-order valence-electron chi connectivity index (χ2n) is 11.1. The molecule has 0 bridgehead atoms. The molecule has 0 spiro atoms. The maximum Gasteiger partial charge on any atom is 0.416 e. The number of fused-ring (bicyclic) bond motifs is 1. The Labute approximate surface area is 234 Å². The number of piperidine rings is 1. The maximum atomic E-state index is 13.3. The fourth-order valence-corrected chi connectivity index (χ4v) is 5.24. The second kappa shape index (κ2) is 9.65. The largest absolute Gasteiger partial charge is 0.474 e. The predicted octanol–water partition coefficient (Wildman–Crippen LogP) is 4.30. The highest BCUT2D eigenvalue weighted by Crippen LogP contribution is 2.48. The molecule has 3 aromatic heterocycles. The van der Waals surface area contributed by atoms with E-state index in [-0.39, 0.29) is 23.8 Å². The summed E-state index contributed by atoms with van der Waals surface area (Å²) < 4.78 is 47.0. The molecule has 2 aliphatic rings. The topological polar surface area (TPSA) is 112 Å². The Morgan fingerprint density at radius 3 is 2.24 bits per heavy atom. The first-order valence-corrected chi connectivity index (χ1v) is 13.1. The van der Waals surface area contributed by atoms with Crippen molar-refractivity contribution in [3.63, 3.8) is 0 Å². The molecule has 6 rings (SSSR count). The fourth-order valence-electron chi connectivity index (χ4n) is 5.24. The minimum absolute atomic E-state index is 0.122. The molecule has 1 saturated carbocycles. The Balaban J connectivity index is 1.16. The van der Waals surface area contributed by atoms with Crippen molar-refractivity contribution in [2.45, 2.75) is 31.7 Å². The Bertz CT molecular complexity index is 1590. The van der Waals surface area contributed by atoms with E-state index in [9.17, 15) is 18.0 Å². The number of pyridine rings is 1. The van der Waals surface area contributed by atoms with Gasteiger partial charge in [0.25, 0.3) is 5.91 Å². The summed E-state index contributed by atoms with van der Waals surface area (Å²) in [7, 11) is 1.72. The summed E-state index contributed by atoms with van der Waals surface area (Å²) in [5.41, 5.74) is 7.63. The number of likely N-dealkylation sites (tertiary alicyclic amines) is 1. The minimum Gasteiger partial charge on any atom is -0.474 e. The molecule has 2 N–H and O–H groups in total. The van der Waals surface area contributed by atoms with Gasteiger partial charge in [-0.15, -0.1) is 0 Å². The zero-order chi connectivity index (χ0) is 29.1. The van der Waals surface area contributed by atoms with Gasteiger partial charge >= 0.3 is 6.18 Å². The Kier molecular flexibility index (Phi) is 6.33. The Hall–Kier alpha value is -4.32. The molecule has 2 fully saturated rings. The van der Waals surface area contributed by atoms with Gasteiger partial charge in [0.1, 0.15) is 17.5 Å². The zero-order valence-electron chi connectivity index (χ0n) is 22.6. The molecule has 9 nitrogen and oxygen atoms in total. The second-order valence-corrected chi connectivity index (χ2v) is 11.1. The summed E-state index contributed by atoms with van der Waals surface area (Å²) in [6.45, 7) is 4.74. The third-order valence-electron chi connectivity index (χ3n) is 7.61. The number of carbonyl (C=O) groups is 1. The number of carbonyl (C=O) groups excluding carboxylic acids is 1. The van der Waals surface area contributed by atoms with Crippen LogP contribution in [0.4, 0.5) is 13.2 Å². The average molecular weight is 564 g/mol. The number of rotatable bonds is 6. The van der Waals surface area contributed by atoms with Gasteiger partial charge in [-0.25, -0.2) is 15.0 Å². The Morgan fingerprint density at radius 1 is 0.976 bits per heavy atom. The van der Waals surface area contributed by atoms with E-state index in [2.05, 4.69) is 20.1 Å². The normalized spacial score (nSPS) is 20.2. The monoisotopic (exact) mass is 563 g/mol. The first-order chi connectivity index (χ1) is 19.4. The molecular weight excluding hydrogens is 535 g/mol. The van der Waals surface area contributed by atoms with E-state index < -0.39 is 17.3 Å². The van der Waals surface area contributed by atoms with Crippen molar-refractivity contribution in [3.8, 4) is 28.7 Å². The highest BCUT2D eigenvalue weighted by molar-refractivity contribution is 5.94. The van der Waals surface area contributed by atoms with Gasteiger partial charge in [-0.2, -0.15) is 18.3 Å². The smallest absolute Gasteiger partial charge is 0.416 e. The van der Waals surface area contributed by atoms with Crippen molar-refractivity contribution < 1.29 is 22.7 Å². The average Bonchev–Trinajstić information content (AvgIpc) is 3.25. The Morgan fingerprint density at radius 2 is 1.63 bits per heavy atom. The van der Waals surface area contributed by atoms with Gasteiger partial charge in [0.05, 0.1) is 11.3 Å². The van der Waals surface area contributed by atoms with E-state index in [4.69, 9.17) is 10.5 Å². The van der Waals surface area contributed by atoms with Crippen LogP contribution in [0.1, 0.15) is 35.5 Å². The standard InChI is InChI=1S/C29H28F3N7O2/c1-28(2,33)18-11-21(16-5-7-17(8-6-16)29(30,31)32)36-24(12-18)41-25-19-14-39(15-20(19)25)27(40)23-13-22(37-38(23)3)26-34-9-4-10-35-26/h4-13,19-20,25H,14-15,33H2,1-3H3/t19-,20+,25?. The van der Waals surface area contributed by atoms with Gasteiger partial charge in [0.15, 0.2) is 5.82 Å². The molecule has 1 unspecified atom stereocenters. The van der Waals surface area contributed by atoms with E-state index in [1.54, 1.807) is 53.3 Å². The van der Waals surface area contributed by atoms with Crippen LogP contribution >= 0.6 is 0 Å². The lowest BCUT2D eigenvalue weighted by atomic mass is 9.94. The van der Waals surface area contributed by atoms with Gasteiger partial charge in [-0.3, -0.25) is 9.48 Å². The highest BCUT2D eigenvalue weighted by Gasteiger charge is 2.59. The summed E-state index contributed by atoms with van der Waals surface area (Å²) in [6, 6.07) is 11.8. The van der Waals surface area contributed by atoms with Gasteiger partial charge in [-0.1, -0.05) is 12.1 Å². The van der Waals surface area contributed by atoms with Crippen molar-refractivity contribution in [1.82, 2.24) is 29.6 Å². The number of amides is 1. The van der Waals surface area contributed by atoms with Crippen molar-refractivity contribution in [1.29, 1.82) is 0 Å². The molecule has 1 aromatic carbocycles. The van der Waals surface area contributed by atoms with Gasteiger partial charge in [-0.05, 0) is 43.7 Å². The van der Waals surface area contributed by atoms with Crippen molar-refractivity contribution >= 4 is 5.91 Å². The quantitative estimate of drug-likeness (QED) is 0.372. The van der Waals surface area contributed by atoms with Crippen LogP contribution in [0, 0.1) is 11.8 Å². The van der Waals surface area contributed by atoms with Crippen LogP contribution in [0.15, 0.2) is 60.9 Å². The van der Waals surface area contributed by atoms with Crippen molar-refractivity contribution in [2.24, 2.45) is 24.6 Å². The molecule has 212 valence electrons. The van der Waals surface area contributed by atoms with Crippen LogP contribution in [-0.4, -0.2) is 54.7 Å². The molecule has 1 amide bonds. The van der Waals surface area contributed by atoms with Crippen LogP contribution < -0.4 is 10.5 Å². The fraction of sp³-hybridized carbons (Fsp3) is 0.345. The van der Waals surface area contributed by atoms with Crippen LogP contribution in [0.3, 0.4) is 0 Å². The van der Waals surface area contributed by atoms with E-state index in [1.807, 2.05) is 13.8 Å². The molecule has 12 heteroatoms. The summed E-state index contributed by atoms with van der Waals surface area (Å²) in [5, 5.41) is 4.40. The lowest BCUT2D eigenvalue weighted by Crippen LogP contribution is -2.34. The first kappa shape index (κ1) is 26.9. The number of alkyl halides is 3. The zero-order valence-corrected chi connectivity index (χ0v) is 22.6. The molecule has 4 heterocycles. The number of hydrogen-bond acceptors (Lipinski definition) is 7. The van der Waals surface area contributed by atoms with Crippen LogP contribution in [0.5, 0.6) is 5.88 Å². The lowest BCUT2D eigenvalue weighted by Gasteiger charge is -2.22. The molecule has 0 radical (unpaired) electrons. The maximum absolute atomic E-state index is 13.3. The number of nitrogens with zero attached hydrogens (tertiary/aromatic N) is 6. The summed E-state index contributed by atoms with van der Waals surface area (Å²) in [4.78, 5) is 28.1. The summed E-state index contributed by atoms with van der Waals surface area (Å²) in [5.74, 6) is 0.978. The molecule has 41 heavy (non-hydrogen) atoms. The van der Waals surface area contributed by atoms with Gasteiger partial charge in [0, 0.05) is 67.6 Å². The highest BCUT2D eigenvalue weighted by atomic mass is 19.4. The summed E-state index contributed by atoms with van der Waals surface area (Å²) in [6.07, 6.45) is -1.30. The van der Waals surface area contributed by atoms with E-state index >= 15 is 0 Å². The number of aromatic nitrogens is 5. The third-order valence-corrected chi connectivity index (χ3v) is 7.61. The van der Waals surface area contributed by atoms with Gasteiger partial charge < -0.3 is 15.4 Å². The third kappa shape index (κ3) is 5.26. The first-order valence-electron chi connectivity index (χ1n) is 13.1. The lowest BCUT2D eigenvalue weighted by molar-refractivity contribution is -0.137. The molecule has 1 saturated heterocycles. The van der Waals surface area contributed by atoms with Crippen molar-refractivity contribution in [3.05, 3.63) is 77.7 Å². The van der Waals surface area contributed by atoms with E-state index in [1.165, 1.54) is 12.1 Å². The van der Waals surface area contributed by atoms with Crippen LogP contribution in [0.25, 0.3) is 22.8 Å². The molecule has 3 atom stereocenters. The van der Waals surface area contributed by atoms with E-state index in [0.29, 0.717) is 47.4 Å². The number of hydrogen-bond donors (Lipinski definition) is 1. The number of halogens is 3. The van der Waals surface area contributed by atoms with Crippen LogP contribution in [0.2, 0.25) is 0 Å². The van der Waals surface area contributed by atoms with E-state index in [0.717, 1.165) is 17.7 Å².